The molecule has 570 valence electrons. The van der Waals surface area contributed by atoms with Crippen LogP contribution in [0.15, 0.2) is 249 Å². The van der Waals surface area contributed by atoms with Gasteiger partial charge in [0, 0.05) is 92.0 Å². The van der Waals surface area contributed by atoms with Gasteiger partial charge in [-0.25, -0.2) is 9.97 Å². The van der Waals surface area contributed by atoms with Crippen molar-refractivity contribution in [2.24, 2.45) is 0 Å². The molecule has 0 saturated heterocycles. The van der Waals surface area contributed by atoms with Gasteiger partial charge in [0.1, 0.15) is 34.6 Å². The SMILES string of the molecule is CC(C)(C)c1cc2c3c(c1)Oc1ccc(-c4cc(-n5c6cc(C(C)(C)C)ccc6c6ccc(C(C)(C)C)cc65)cc(-n5c6cc(C(C)(C)C)ccc6c6c7c(ccc65)sc5ccccc57)n4)cc1B3c1cc(-c3cc(-n4c5ccccc5c5ccccc54)cc(-n4c5cc(C(C)(C)C)ccc5c5ccc(C(C)(C)C)cc54)n3)ccc1O2. The van der Waals surface area contributed by atoms with Gasteiger partial charge >= 0.3 is 0 Å². The number of aromatic nitrogens is 6. The molecule has 116 heavy (non-hydrogen) atoms. The topological polar surface area (TPSA) is 64.0 Å². The Balaban J connectivity index is 0.824. The zero-order chi connectivity index (χ0) is 80.1. The maximum atomic E-state index is 7.40. The number of hydrogen-bond donors (Lipinski definition) is 0. The van der Waals surface area contributed by atoms with Gasteiger partial charge in [0.05, 0.1) is 66.9 Å². The molecule has 7 aromatic heterocycles. The summed E-state index contributed by atoms with van der Waals surface area (Å²) in [5.74, 6) is 4.83. The van der Waals surface area contributed by atoms with Crippen LogP contribution < -0.4 is 25.9 Å². The van der Waals surface area contributed by atoms with Crippen molar-refractivity contribution in [2.75, 3.05) is 0 Å². The van der Waals surface area contributed by atoms with Crippen LogP contribution in [0, 0.1) is 0 Å². The third kappa shape index (κ3) is 11.2. The van der Waals surface area contributed by atoms with E-state index in [0.29, 0.717) is 0 Å². The van der Waals surface area contributed by atoms with Gasteiger partial charge in [-0.2, -0.15) is 0 Å². The molecule has 2 aliphatic heterocycles. The zero-order valence-corrected chi connectivity index (χ0v) is 70.5. The van der Waals surface area contributed by atoms with Gasteiger partial charge in [0.2, 0.25) is 0 Å². The minimum atomic E-state index is -0.340. The molecule has 12 aromatic carbocycles. The Morgan fingerprint density at radius 2 is 0.629 bits per heavy atom. The van der Waals surface area contributed by atoms with Crippen molar-refractivity contribution in [1.29, 1.82) is 0 Å². The molecule has 8 nitrogen and oxygen atoms in total. The van der Waals surface area contributed by atoms with Crippen molar-refractivity contribution in [3.8, 4) is 68.5 Å². The first-order valence-corrected chi connectivity index (χ1v) is 42.0. The summed E-state index contributed by atoms with van der Waals surface area (Å²) in [5.41, 5.74) is 24.3. The molecule has 2 aliphatic rings. The number of benzene rings is 12. The second-order valence-electron chi connectivity index (χ2n) is 39.1. The van der Waals surface area contributed by atoms with Gasteiger partial charge in [0.25, 0.3) is 6.71 Å². The van der Waals surface area contributed by atoms with Crippen LogP contribution in [-0.4, -0.2) is 34.9 Å². The van der Waals surface area contributed by atoms with Crippen molar-refractivity contribution in [3.63, 3.8) is 0 Å². The quantitative estimate of drug-likeness (QED) is 0.156. The molecule has 0 saturated carbocycles. The maximum Gasteiger partial charge on any atom is 0.260 e. The minimum Gasteiger partial charge on any atom is -0.458 e. The standard InChI is InChI=1S/C106H95BN6O2S/c1-101(2,3)62-33-38-72-73-39-34-63(102(4,5)6)50-86(73)111(85(72)49-62)69-57-81(108-96(59-69)112-84-43-46-95-99(77-27-21-24-30-94(77)116-95)98(84)76-42-37-66(53-89(76)112)105(13,14)15)61-32-45-91-79(48-61)107-78-47-60(31-44-90(78)114-92-54-67(106(16,17)18)55-93(115-91)100(92)107)80-56-68(110-82-28-22-19-25-70(82)71-26-20-23-29-83(71)110)58-97(109-80)113-87-51-64(103(7,8)9)35-40-74(87)75-41-36-65(52-88(75)113)104(10,11)12/h19-59H,1-18H3. The first-order valence-electron chi connectivity index (χ1n) is 41.2. The summed E-state index contributed by atoms with van der Waals surface area (Å²) < 4.78 is 27.2. The molecule has 0 unspecified atom stereocenters. The number of para-hydroxylation sites is 2. The molecule has 0 N–H and O–H groups in total. The van der Waals surface area contributed by atoms with E-state index < -0.39 is 0 Å². The summed E-state index contributed by atoms with van der Waals surface area (Å²) in [5, 5.41) is 12.2. The second kappa shape index (κ2) is 24.8. The van der Waals surface area contributed by atoms with E-state index in [1.54, 1.807) is 0 Å². The lowest BCUT2D eigenvalue weighted by molar-refractivity contribution is 0.458. The molecular weight excluding hydrogens is 1430 g/mol. The Labute approximate surface area is 682 Å². The van der Waals surface area contributed by atoms with E-state index in [-0.39, 0.29) is 39.2 Å². The molecule has 9 heterocycles. The molecule has 0 amide bonds. The minimum absolute atomic E-state index is 0.111. The van der Waals surface area contributed by atoms with E-state index >= 15 is 0 Å². The summed E-state index contributed by atoms with van der Waals surface area (Å²) in [6.45, 7) is 41.2. The van der Waals surface area contributed by atoms with Gasteiger partial charge in [0.15, 0.2) is 0 Å². The summed E-state index contributed by atoms with van der Waals surface area (Å²) >= 11 is 1.87. The average molecular weight is 1530 g/mol. The summed E-state index contributed by atoms with van der Waals surface area (Å²) in [6.07, 6.45) is 0. The first-order chi connectivity index (χ1) is 55.2. The largest absolute Gasteiger partial charge is 0.458 e. The number of nitrogens with zero attached hydrogens (tertiary/aromatic N) is 6. The number of fused-ring (bicyclic) bond motifs is 20. The van der Waals surface area contributed by atoms with Crippen molar-refractivity contribution < 1.29 is 9.47 Å². The molecule has 0 aliphatic carbocycles. The Morgan fingerprint density at radius 3 is 1.06 bits per heavy atom. The van der Waals surface area contributed by atoms with Crippen LogP contribution >= 0.6 is 11.3 Å². The monoisotopic (exact) mass is 1530 g/mol. The summed E-state index contributed by atoms with van der Waals surface area (Å²) in [6, 6.07) is 94.3. The van der Waals surface area contributed by atoms with E-state index in [0.717, 1.165) is 135 Å². The molecule has 0 spiro atoms. The summed E-state index contributed by atoms with van der Waals surface area (Å²) in [4.78, 5) is 12.1. The van der Waals surface area contributed by atoms with Crippen molar-refractivity contribution in [1.82, 2.24) is 28.2 Å². The van der Waals surface area contributed by atoms with E-state index in [2.05, 4.69) is 392 Å². The molecule has 21 rings (SSSR count). The molecule has 0 bridgehead atoms. The third-order valence-corrected chi connectivity index (χ3v) is 26.4. The van der Waals surface area contributed by atoms with Gasteiger partial charge in [-0.15, -0.1) is 11.3 Å². The lowest BCUT2D eigenvalue weighted by Gasteiger charge is -2.35. The summed E-state index contributed by atoms with van der Waals surface area (Å²) in [7, 11) is 0. The molecule has 0 atom stereocenters. The maximum absolute atomic E-state index is 7.40. The molecule has 19 aromatic rings. The predicted molar refractivity (Wildman–Crippen MR) is 493 cm³/mol. The Morgan fingerprint density at radius 1 is 0.267 bits per heavy atom. The van der Waals surface area contributed by atoms with Crippen LogP contribution in [0.2, 0.25) is 0 Å². The fraction of sp³-hybridized carbons (Fsp3) is 0.226. The smallest absolute Gasteiger partial charge is 0.260 e. The van der Waals surface area contributed by atoms with Crippen LogP contribution in [0.5, 0.6) is 23.0 Å². The Bertz CT molecular complexity index is 7260. The molecule has 0 fully saturated rings. The van der Waals surface area contributed by atoms with Gasteiger partial charge in [-0.05, 0) is 186 Å². The molecule has 10 heteroatoms. The molecular formula is C106H95BN6O2S. The number of pyridine rings is 2. The van der Waals surface area contributed by atoms with Crippen LogP contribution in [0.1, 0.15) is 158 Å². The normalized spacial score (nSPS) is 13.6. The van der Waals surface area contributed by atoms with Crippen LogP contribution in [0.3, 0.4) is 0 Å². The predicted octanol–water partition coefficient (Wildman–Crippen LogP) is 27.1. The van der Waals surface area contributed by atoms with E-state index in [1.807, 2.05) is 11.3 Å². The number of hydrogen-bond acceptors (Lipinski definition) is 5. The zero-order valence-electron chi connectivity index (χ0n) is 69.7. The number of ether oxygens (including phenoxy) is 2. The highest BCUT2D eigenvalue weighted by molar-refractivity contribution is 7.26. The Kier molecular flexibility index (Phi) is 15.3. The first kappa shape index (κ1) is 71.8. The van der Waals surface area contributed by atoms with Gasteiger partial charge in [-0.3, -0.25) is 9.13 Å². The molecule has 0 radical (unpaired) electrons. The van der Waals surface area contributed by atoms with E-state index in [9.17, 15) is 0 Å². The number of thiophene rings is 1. The van der Waals surface area contributed by atoms with Gasteiger partial charge in [-0.1, -0.05) is 252 Å². The lowest BCUT2D eigenvalue weighted by Crippen LogP contribution is -2.57. The number of rotatable bonds is 6. The van der Waals surface area contributed by atoms with Crippen molar-refractivity contribution >= 4 is 142 Å². The average Bonchev–Trinajstić information content (AvgIpc) is 1.26. The highest BCUT2D eigenvalue weighted by Crippen LogP contribution is 2.49. The third-order valence-electron chi connectivity index (χ3n) is 25.2. The van der Waals surface area contributed by atoms with Gasteiger partial charge < -0.3 is 18.6 Å². The fourth-order valence-corrected chi connectivity index (χ4v) is 19.8. The fourth-order valence-electron chi connectivity index (χ4n) is 18.7. The van der Waals surface area contributed by atoms with Crippen LogP contribution in [0.25, 0.3) is 153 Å². The van der Waals surface area contributed by atoms with E-state index in [1.165, 1.54) is 91.1 Å². The lowest BCUT2D eigenvalue weighted by atomic mass is 9.34. The highest BCUT2D eigenvalue weighted by atomic mass is 32.1. The Hall–Kier alpha value is -12.0. The van der Waals surface area contributed by atoms with Crippen molar-refractivity contribution in [2.45, 2.75) is 157 Å². The van der Waals surface area contributed by atoms with Crippen molar-refractivity contribution in [3.05, 3.63) is 282 Å². The van der Waals surface area contributed by atoms with E-state index in [4.69, 9.17) is 19.4 Å². The second-order valence-corrected chi connectivity index (χ2v) is 40.2. The van der Waals surface area contributed by atoms with Crippen LogP contribution in [0.4, 0.5) is 0 Å². The van der Waals surface area contributed by atoms with Crippen LogP contribution in [-0.2, 0) is 32.5 Å². The highest BCUT2D eigenvalue weighted by Gasteiger charge is 2.42.